The zero-order chi connectivity index (χ0) is 67.5. The van der Waals surface area contributed by atoms with E-state index < -0.39 is 38.4 Å². The standard InChI is InChI=1S/C17H12N2O5.C17H12N2O4S.C16H11N3O4S.C16H13N3O2S/c1-10(20)11-3-2-4-13(7-11)18-17(21)16-9-12-8-14(19(22)23)5-6-15(12)24-16;1-10(20)11-2-4-13(5-3-11)18-17(21)16-9-12-8-14(19(22)23)6-7-15(12)24-16;17-15(20)11-3-1-2-4-12(11)18-16(21)14-8-9-7-10(19(22)23)5-6-13(9)24-14;17-10-5-6-13-9(7-10)8-14(22-13)16(21)19-12-4-2-1-3-11(12)15(18)20/h2*2-9H,1H3,(H,18,21);1-8H,(H2,17,20)(H,18,21);1-8H,17H2,(H2,18,20)(H,19,21). The van der Waals surface area contributed by atoms with Crippen molar-refractivity contribution in [2.75, 3.05) is 27.0 Å². The first-order valence-corrected chi connectivity index (χ1v) is 29.9. The Kier molecular flexibility index (Phi) is 20.2. The van der Waals surface area contributed by atoms with Crippen LogP contribution in [0.4, 0.5) is 45.5 Å². The first-order chi connectivity index (χ1) is 44.9. The number of para-hydroxylation sites is 2. The maximum atomic E-state index is 12.4. The maximum Gasteiger partial charge on any atom is 0.291 e. The number of carbonyl (C=O) groups is 8. The second-order valence-corrected chi connectivity index (χ2v) is 23.3. The fourth-order valence-corrected chi connectivity index (χ4v) is 11.7. The molecule has 12 aromatic rings. The van der Waals surface area contributed by atoms with Crippen molar-refractivity contribution < 1.29 is 57.5 Å². The van der Waals surface area contributed by atoms with Crippen LogP contribution in [0.25, 0.3) is 41.2 Å². The van der Waals surface area contributed by atoms with Crippen LogP contribution in [-0.2, 0) is 0 Å². The Bertz CT molecular complexity index is 5050. The topological polar surface area (TPSA) is 405 Å². The number of hydrogen-bond acceptors (Lipinski definition) is 19. The number of furan rings is 1. The van der Waals surface area contributed by atoms with Gasteiger partial charge in [-0.3, -0.25) is 68.7 Å². The van der Waals surface area contributed by atoms with Crippen molar-refractivity contribution >= 4 is 168 Å². The Labute approximate surface area is 541 Å². The third-order valence-electron chi connectivity index (χ3n) is 13.5. The van der Waals surface area contributed by atoms with Gasteiger partial charge in [-0.2, -0.15) is 0 Å². The van der Waals surface area contributed by atoms with Crippen LogP contribution < -0.4 is 38.5 Å². The lowest BCUT2D eigenvalue weighted by molar-refractivity contribution is -0.384. The third kappa shape index (κ3) is 16.2. The van der Waals surface area contributed by atoms with Gasteiger partial charge < -0.3 is 42.9 Å². The zero-order valence-electron chi connectivity index (χ0n) is 48.9. The number of rotatable bonds is 15. The average Bonchev–Trinajstić information content (AvgIpc) is 1.71. The molecule has 0 radical (unpaired) electrons. The number of Topliss-reactive ketones (excluding diaryl/α,β-unsaturated/α-hetero) is 2. The van der Waals surface area contributed by atoms with E-state index in [1.54, 1.807) is 127 Å². The van der Waals surface area contributed by atoms with Crippen LogP contribution in [0.1, 0.15) is 94.8 Å². The van der Waals surface area contributed by atoms with E-state index >= 15 is 0 Å². The summed E-state index contributed by atoms with van der Waals surface area (Å²) in [4.78, 5) is 127. The van der Waals surface area contributed by atoms with Gasteiger partial charge in [0.1, 0.15) is 5.58 Å². The SMILES string of the molecule is CC(=O)c1ccc(NC(=O)c2cc3cc([N+](=O)[O-])ccc3s2)cc1.CC(=O)c1cccc(NC(=O)c2cc3cc([N+](=O)[O-])ccc3o2)c1.NC(=O)c1ccccc1NC(=O)c1cc2cc(N)ccc2s1.NC(=O)c1ccccc1NC(=O)c1cc2cc([N+](=O)[O-])ccc2s1. The minimum Gasteiger partial charge on any atom is -0.451 e. The van der Waals surface area contributed by atoms with E-state index in [-0.39, 0.29) is 57.3 Å². The molecule has 0 aliphatic carbocycles. The van der Waals surface area contributed by atoms with Gasteiger partial charge in [0.15, 0.2) is 17.3 Å². The summed E-state index contributed by atoms with van der Waals surface area (Å²) in [5.41, 5.74) is 20.5. The summed E-state index contributed by atoms with van der Waals surface area (Å²) in [6.07, 6.45) is 0. The lowest BCUT2D eigenvalue weighted by atomic mass is 10.1. The molecule has 0 aliphatic rings. The molecule has 470 valence electrons. The number of nitrogens with two attached hydrogens (primary N) is 3. The van der Waals surface area contributed by atoms with Crippen molar-refractivity contribution in [1.29, 1.82) is 0 Å². The van der Waals surface area contributed by atoms with Gasteiger partial charge in [-0.1, -0.05) is 36.4 Å². The van der Waals surface area contributed by atoms with Gasteiger partial charge in [-0.25, -0.2) is 0 Å². The van der Waals surface area contributed by atoms with Crippen LogP contribution in [0.3, 0.4) is 0 Å². The highest BCUT2D eigenvalue weighted by molar-refractivity contribution is 7.21. The second kappa shape index (κ2) is 28.9. The number of primary amides is 2. The Morgan fingerprint density at radius 1 is 0.404 bits per heavy atom. The van der Waals surface area contributed by atoms with Crippen LogP contribution in [-0.4, -0.2) is 61.8 Å². The number of thiophene rings is 3. The highest BCUT2D eigenvalue weighted by atomic mass is 32.1. The number of nitro groups is 3. The summed E-state index contributed by atoms with van der Waals surface area (Å²) >= 11 is 3.84. The molecule has 4 heterocycles. The maximum absolute atomic E-state index is 12.4. The quantitative estimate of drug-likeness (QED) is 0.0217. The summed E-state index contributed by atoms with van der Waals surface area (Å²) < 4.78 is 7.95. The van der Waals surface area contributed by atoms with Crippen molar-refractivity contribution in [3.63, 3.8) is 0 Å². The molecule has 0 unspecified atom stereocenters. The number of fused-ring (bicyclic) bond motifs is 4. The van der Waals surface area contributed by atoms with Crippen LogP contribution in [0.5, 0.6) is 0 Å². The van der Waals surface area contributed by atoms with E-state index in [1.165, 1.54) is 102 Å². The van der Waals surface area contributed by atoms with E-state index in [0.29, 0.717) is 75.9 Å². The molecule has 0 atom stereocenters. The first kappa shape index (κ1) is 65.8. The molecule has 4 aromatic heterocycles. The van der Waals surface area contributed by atoms with Crippen molar-refractivity contribution in [3.05, 3.63) is 267 Å². The van der Waals surface area contributed by atoms with Gasteiger partial charge in [0.25, 0.3) is 52.5 Å². The predicted octanol–water partition coefficient (Wildman–Crippen LogP) is 14.1. The Balaban J connectivity index is 0.000000148. The van der Waals surface area contributed by atoms with E-state index in [2.05, 4.69) is 21.3 Å². The smallest absolute Gasteiger partial charge is 0.291 e. The van der Waals surface area contributed by atoms with Gasteiger partial charge >= 0.3 is 0 Å². The molecule has 0 saturated heterocycles. The number of nitrogen functional groups attached to an aromatic ring is 1. The molecule has 10 N–H and O–H groups in total. The first-order valence-electron chi connectivity index (χ1n) is 27.5. The van der Waals surface area contributed by atoms with Crippen LogP contribution in [0.15, 0.2) is 199 Å². The molecule has 94 heavy (non-hydrogen) atoms. The van der Waals surface area contributed by atoms with E-state index in [0.717, 1.165) is 19.5 Å². The largest absolute Gasteiger partial charge is 0.451 e. The summed E-state index contributed by atoms with van der Waals surface area (Å²) in [5.74, 6) is -2.84. The molecule has 25 nitrogen and oxygen atoms in total. The number of anilines is 5. The summed E-state index contributed by atoms with van der Waals surface area (Å²) in [6.45, 7) is 2.91. The Morgan fingerprint density at radius 3 is 1.30 bits per heavy atom. The minimum atomic E-state index is -0.641. The van der Waals surface area contributed by atoms with Crippen LogP contribution >= 0.6 is 34.0 Å². The van der Waals surface area contributed by atoms with Crippen molar-refractivity contribution in [2.24, 2.45) is 11.5 Å². The summed E-state index contributed by atoms with van der Waals surface area (Å²) in [6, 6.07) is 51.1. The molecule has 0 bridgehead atoms. The molecule has 28 heteroatoms. The van der Waals surface area contributed by atoms with E-state index in [1.807, 2.05) is 12.1 Å². The minimum absolute atomic E-state index is 0.00733. The molecule has 0 spiro atoms. The number of amides is 6. The number of ketones is 2. The number of nitrogens with zero attached hydrogens (tertiary/aromatic N) is 3. The van der Waals surface area contributed by atoms with Crippen LogP contribution in [0, 0.1) is 30.3 Å². The molecule has 6 amide bonds. The molecule has 0 fully saturated rings. The van der Waals surface area contributed by atoms with Crippen molar-refractivity contribution in [3.8, 4) is 0 Å². The van der Waals surface area contributed by atoms with E-state index in [9.17, 15) is 68.7 Å². The predicted molar refractivity (Wildman–Crippen MR) is 361 cm³/mol. The molecular formula is C66H48N10O15S3. The fourth-order valence-electron chi connectivity index (χ4n) is 8.91. The van der Waals surface area contributed by atoms with Crippen LogP contribution in [0.2, 0.25) is 0 Å². The molecule has 0 aliphatic heterocycles. The highest BCUT2D eigenvalue weighted by Crippen LogP contribution is 2.33. The second-order valence-electron chi connectivity index (χ2n) is 20.1. The Morgan fingerprint density at radius 2 is 0.830 bits per heavy atom. The number of nitro benzene ring substituents is 3. The number of hydrogen-bond donors (Lipinski definition) is 7. The summed E-state index contributed by atoms with van der Waals surface area (Å²) in [5, 5.41) is 45.8. The van der Waals surface area contributed by atoms with E-state index in [4.69, 9.17) is 21.6 Å². The number of nitrogens with one attached hydrogen (secondary N) is 4. The monoisotopic (exact) mass is 1320 g/mol. The summed E-state index contributed by atoms with van der Waals surface area (Å²) in [7, 11) is 0. The molecule has 12 rings (SSSR count). The number of non-ortho nitro benzene ring substituents is 3. The average molecular weight is 1320 g/mol. The highest BCUT2D eigenvalue weighted by Gasteiger charge is 2.20. The normalized spacial score (nSPS) is 10.5. The van der Waals surface area contributed by atoms with Gasteiger partial charge in [-0.05, 0) is 141 Å². The van der Waals surface area contributed by atoms with Gasteiger partial charge in [0.2, 0.25) is 0 Å². The van der Waals surface area contributed by atoms with Gasteiger partial charge in [0, 0.05) is 94.8 Å². The number of benzene rings is 8. The lowest BCUT2D eigenvalue weighted by Gasteiger charge is -2.07. The van der Waals surface area contributed by atoms with Gasteiger partial charge in [0.05, 0.1) is 51.9 Å². The van der Waals surface area contributed by atoms with Gasteiger partial charge in [-0.15, -0.1) is 34.0 Å². The Hall–Kier alpha value is -12.7. The van der Waals surface area contributed by atoms with Crippen molar-refractivity contribution in [2.45, 2.75) is 13.8 Å². The molecular weight excluding hydrogens is 1270 g/mol. The lowest BCUT2D eigenvalue weighted by Crippen LogP contribution is -2.17. The van der Waals surface area contributed by atoms with Crippen molar-refractivity contribution in [1.82, 2.24) is 0 Å². The molecule has 0 saturated carbocycles. The third-order valence-corrected chi connectivity index (χ3v) is 16.9. The number of carbonyl (C=O) groups excluding carboxylic acids is 8. The fraction of sp³-hybridized carbons (Fsp3) is 0.0303. The molecule has 8 aromatic carbocycles. The zero-order valence-corrected chi connectivity index (χ0v) is 51.3.